The maximum atomic E-state index is 12.4. The second kappa shape index (κ2) is 11.2. The number of aromatic nitrogens is 3. The first kappa shape index (κ1) is 24.4. The molecule has 4 rings (SSSR count). The number of hydrogen-bond acceptors (Lipinski definition) is 7. The van der Waals surface area contributed by atoms with Gasteiger partial charge in [0.2, 0.25) is 5.91 Å². The highest BCUT2D eigenvalue weighted by atomic mass is 35.5. The van der Waals surface area contributed by atoms with Crippen LogP contribution in [0.3, 0.4) is 0 Å². The van der Waals surface area contributed by atoms with Crippen molar-refractivity contribution < 1.29 is 14.3 Å². The molecule has 0 saturated heterocycles. The van der Waals surface area contributed by atoms with Crippen LogP contribution in [-0.4, -0.2) is 41.4 Å². The lowest BCUT2D eigenvalue weighted by molar-refractivity contribution is -0.121. The molecule has 0 aliphatic carbocycles. The number of nitrogens with zero attached hydrogens (tertiary/aromatic N) is 3. The van der Waals surface area contributed by atoms with Crippen molar-refractivity contribution in [2.45, 2.75) is 13.0 Å². The average Bonchev–Trinajstić information content (AvgIpc) is 3.34. The zero-order valence-corrected chi connectivity index (χ0v) is 20.7. The number of halogens is 1. The summed E-state index contributed by atoms with van der Waals surface area (Å²) in [6.07, 6.45) is 0.558. The molecule has 1 N–H and O–H groups in total. The van der Waals surface area contributed by atoms with Crippen molar-refractivity contribution in [2.75, 3.05) is 20.8 Å². The van der Waals surface area contributed by atoms with Crippen LogP contribution in [0.5, 0.6) is 11.5 Å². The topological polar surface area (TPSA) is 95.3 Å². The van der Waals surface area contributed by atoms with Gasteiger partial charge >= 0.3 is 0 Å². The number of nitrogens with one attached hydrogen (secondary N) is 1. The number of benzene rings is 2. The van der Waals surface area contributed by atoms with Crippen LogP contribution in [0.15, 0.2) is 64.8 Å². The van der Waals surface area contributed by atoms with Crippen molar-refractivity contribution in [2.24, 2.45) is 0 Å². The Hall–Kier alpha value is -3.69. The molecule has 4 aromatic rings. The van der Waals surface area contributed by atoms with Gasteiger partial charge < -0.3 is 14.8 Å². The van der Waals surface area contributed by atoms with Crippen molar-refractivity contribution in [3.63, 3.8) is 0 Å². The number of carbonyl (C=O) groups excluding carboxylic acids is 1. The maximum absolute atomic E-state index is 12.4. The summed E-state index contributed by atoms with van der Waals surface area (Å²) in [4.78, 5) is 29.3. The van der Waals surface area contributed by atoms with Gasteiger partial charge in [-0.25, -0.2) is 9.67 Å². The molecule has 10 heteroatoms. The molecule has 0 unspecified atom stereocenters. The molecule has 1 amide bonds. The fraction of sp³-hybridized carbons (Fsp3) is 0.200. The van der Waals surface area contributed by atoms with E-state index in [1.54, 1.807) is 32.4 Å². The third-order valence-electron chi connectivity index (χ3n) is 5.19. The molecule has 2 heterocycles. The minimum atomic E-state index is -0.350. The first-order valence-electron chi connectivity index (χ1n) is 10.7. The summed E-state index contributed by atoms with van der Waals surface area (Å²) in [6.45, 7) is 0.216. The summed E-state index contributed by atoms with van der Waals surface area (Å²) in [5.41, 5.74) is 2.82. The Bertz CT molecular complexity index is 1380. The van der Waals surface area contributed by atoms with Crippen molar-refractivity contribution in [3.8, 4) is 33.3 Å². The van der Waals surface area contributed by atoms with Gasteiger partial charge in [-0.1, -0.05) is 23.7 Å². The van der Waals surface area contributed by atoms with Crippen LogP contribution in [0.1, 0.15) is 5.69 Å². The van der Waals surface area contributed by atoms with Crippen LogP contribution >= 0.6 is 22.9 Å². The van der Waals surface area contributed by atoms with Gasteiger partial charge in [-0.2, -0.15) is 5.10 Å². The molecule has 0 saturated carbocycles. The first-order chi connectivity index (χ1) is 17.0. The SMILES string of the molecule is COc1ccc(-c2nc(CCNC(=O)Cn3nc(-c4ccc(Cl)cc4)ccc3=O)cs2)cc1OC. The van der Waals surface area contributed by atoms with E-state index >= 15 is 0 Å². The van der Waals surface area contributed by atoms with Crippen LogP contribution in [0.25, 0.3) is 21.8 Å². The van der Waals surface area contributed by atoms with E-state index in [1.165, 1.54) is 17.4 Å². The molecule has 180 valence electrons. The van der Waals surface area contributed by atoms with Gasteiger partial charge in [-0.05, 0) is 36.4 Å². The Balaban J connectivity index is 1.34. The molecular weight excluding hydrogens is 488 g/mol. The van der Waals surface area contributed by atoms with Crippen LogP contribution in [0.2, 0.25) is 5.02 Å². The summed E-state index contributed by atoms with van der Waals surface area (Å²) >= 11 is 7.45. The standard InChI is InChI=1S/C25H23ClN4O4S/c1-33-21-9-5-17(13-22(21)34-2)25-28-19(15-35-25)11-12-27-23(31)14-30-24(32)10-8-20(29-30)16-3-6-18(26)7-4-16/h3-10,13,15H,11-12,14H2,1-2H3,(H,27,31). The van der Waals surface area contributed by atoms with E-state index in [0.29, 0.717) is 35.2 Å². The maximum Gasteiger partial charge on any atom is 0.267 e. The van der Waals surface area contributed by atoms with Crippen LogP contribution in [-0.2, 0) is 17.8 Å². The van der Waals surface area contributed by atoms with E-state index in [0.717, 1.165) is 26.5 Å². The third-order valence-corrected chi connectivity index (χ3v) is 6.38. The molecule has 35 heavy (non-hydrogen) atoms. The molecule has 0 aliphatic heterocycles. The Morgan fingerprint density at radius 1 is 1.03 bits per heavy atom. The van der Waals surface area contributed by atoms with Crippen molar-refractivity contribution in [1.82, 2.24) is 20.1 Å². The largest absolute Gasteiger partial charge is 0.493 e. The lowest BCUT2D eigenvalue weighted by atomic mass is 10.1. The second-order valence-corrected chi connectivity index (χ2v) is 8.83. The van der Waals surface area contributed by atoms with Crippen molar-refractivity contribution in [1.29, 1.82) is 0 Å². The van der Waals surface area contributed by atoms with E-state index < -0.39 is 0 Å². The van der Waals surface area contributed by atoms with E-state index in [1.807, 2.05) is 35.7 Å². The summed E-state index contributed by atoms with van der Waals surface area (Å²) in [6, 6.07) is 15.8. The van der Waals surface area contributed by atoms with E-state index in [4.69, 9.17) is 21.1 Å². The normalized spacial score (nSPS) is 10.7. The summed E-state index contributed by atoms with van der Waals surface area (Å²) < 4.78 is 11.8. The van der Waals surface area contributed by atoms with Crippen molar-refractivity contribution >= 4 is 28.8 Å². The fourth-order valence-corrected chi connectivity index (χ4v) is 4.36. The van der Waals surface area contributed by atoms with E-state index in [-0.39, 0.29) is 18.0 Å². The first-order valence-corrected chi connectivity index (χ1v) is 12.0. The van der Waals surface area contributed by atoms with Crippen LogP contribution < -0.4 is 20.3 Å². The molecule has 8 nitrogen and oxygen atoms in total. The predicted octanol–water partition coefficient (Wildman–Crippen LogP) is 4.06. The smallest absolute Gasteiger partial charge is 0.267 e. The zero-order valence-electron chi connectivity index (χ0n) is 19.2. The fourth-order valence-electron chi connectivity index (χ4n) is 3.38. The number of ether oxygens (including phenoxy) is 2. The monoisotopic (exact) mass is 510 g/mol. The number of hydrogen-bond donors (Lipinski definition) is 1. The van der Waals surface area contributed by atoms with Gasteiger partial charge in [0.1, 0.15) is 11.6 Å². The molecular formula is C25H23ClN4O4S. The number of carbonyl (C=O) groups is 1. The van der Waals surface area contributed by atoms with E-state index in [2.05, 4.69) is 15.4 Å². The number of rotatable bonds is 9. The quantitative estimate of drug-likeness (QED) is 0.365. The minimum absolute atomic E-state index is 0.172. The van der Waals surface area contributed by atoms with Crippen molar-refractivity contribution in [3.05, 3.63) is 81.0 Å². The molecule has 0 aliphatic rings. The van der Waals surface area contributed by atoms with Gasteiger partial charge in [0.15, 0.2) is 11.5 Å². The zero-order chi connectivity index (χ0) is 24.8. The Kier molecular flexibility index (Phi) is 7.79. The van der Waals surface area contributed by atoms with Gasteiger partial charge in [0, 0.05) is 40.6 Å². The summed E-state index contributed by atoms with van der Waals surface area (Å²) in [7, 11) is 3.19. The van der Waals surface area contributed by atoms with Gasteiger partial charge in [-0.3, -0.25) is 9.59 Å². The predicted molar refractivity (Wildman–Crippen MR) is 136 cm³/mol. The molecule has 0 bridgehead atoms. The van der Waals surface area contributed by atoms with Crippen LogP contribution in [0.4, 0.5) is 0 Å². The highest BCUT2D eigenvalue weighted by Gasteiger charge is 2.11. The van der Waals surface area contributed by atoms with Gasteiger partial charge in [-0.15, -0.1) is 11.3 Å². The highest BCUT2D eigenvalue weighted by molar-refractivity contribution is 7.13. The molecule has 2 aromatic heterocycles. The highest BCUT2D eigenvalue weighted by Crippen LogP contribution is 2.33. The van der Waals surface area contributed by atoms with Gasteiger partial charge in [0.05, 0.1) is 25.6 Å². The Morgan fingerprint density at radius 2 is 1.77 bits per heavy atom. The number of methoxy groups -OCH3 is 2. The number of thiazole rings is 1. The summed E-state index contributed by atoms with van der Waals surface area (Å²) in [5.74, 6) is 0.990. The molecule has 2 aromatic carbocycles. The average molecular weight is 511 g/mol. The second-order valence-electron chi connectivity index (χ2n) is 7.54. The molecule has 0 spiro atoms. The summed E-state index contributed by atoms with van der Waals surface area (Å²) in [5, 5.41) is 10.6. The molecule has 0 atom stereocenters. The molecule has 0 radical (unpaired) electrons. The van der Waals surface area contributed by atoms with E-state index in [9.17, 15) is 9.59 Å². The van der Waals surface area contributed by atoms with Crippen LogP contribution in [0, 0.1) is 0 Å². The lowest BCUT2D eigenvalue weighted by Gasteiger charge is -2.08. The van der Waals surface area contributed by atoms with Gasteiger partial charge in [0.25, 0.3) is 5.56 Å². The Labute approximate surface area is 211 Å². The third kappa shape index (κ3) is 6.06. The lowest BCUT2D eigenvalue weighted by Crippen LogP contribution is -2.34. The minimum Gasteiger partial charge on any atom is -0.493 e. The molecule has 0 fully saturated rings. The Morgan fingerprint density at radius 3 is 2.51 bits per heavy atom. The number of amides is 1.